The van der Waals surface area contributed by atoms with Crippen molar-refractivity contribution in [2.75, 3.05) is 11.9 Å². The first-order valence-corrected chi connectivity index (χ1v) is 7.92. The molecule has 0 fully saturated rings. The van der Waals surface area contributed by atoms with E-state index in [0.29, 0.717) is 17.8 Å². The number of hydrogen-bond acceptors (Lipinski definition) is 2. The number of anilines is 1. The van der Waals surface area contributed by atoms with Gasteiger partial charge < -0.3 is 4.90 Å². The number of rotatable bonds is 3. The number of carbonyl (C=O) groups excluding carboxylic acids is 1. The van der Waals surface area contributed by atoms with Gasteiger partial charge in [0, 0.05) is 29.4 Å². The first-order chi connectivity index (χ1) is 11.5. The van der Waals surface area contributed by atoms with Crippen LogP contribution in [0, 0.1) is 17.5 Å². The summed E-state index contributed by atoms with van der Waals surface area (Å²) in [4.78, 5) is 14.4. The van der Waals surface area contributed by atoms with Crippen molar-refractivity contribution < 1.29 is 18.0 Å². The van der Waals surface area contributed by atoms with E-state index < -0.39 is 28.9 Å². The molecule has 2 nitrogen and oxygen atoms in total. The molecule has 0 saturated carbocycles. The number of benzene rings is 2. The second-order valence-corrected chi connectivity index (χ2v) is 6.06. The van der Waals surface area contributed by atoms with Gasteiger partial charge in [-0.05, 0) is 11.6 Å². The molecule has 0 spiro atoms. The van der Waals surface area contributed by atoms with Crippen molar-refractivity contribution >= 4 is 22.9 Å². The normalized spacial score (nSPS) is 10.7. The van der Waals surface area contributed by atoms with Gasteiger partial charge >= 0.3 is 0 Å². The predicted octanol–water partition coefficient (Wildman–Crippen LogP) is 5.11. The third-order valence-electron chi connectivity index (χ3n) is 3.56. The van der Waals surface area contributed by atoms with Gasteiger partial charge in [0.2, 0.25) is 0 Å². The highest BCUT2D eigenvalue weighted by Crippen LogP contribution is 2.32. The SMILES string of the molecule is CN(C(=O)c1c(F)cc(F)cc1F)c1csc(-c2ccccc2)c1. The van der Waals surface area contributed by atoms with Gasteiger partial charge in [0.1, 0.15) is 23.0 Å². The van der Waals surface area contributed by atoms with Gasteiger partial charge in [-0.3, -0.25) is 4.79 Å². The summed E-state index contributed by atoms with van der Waals surface area (Å²) in [7, 11) is 1.42. The van der Waals surface area contributed by atoms with Gasteiger partial charge in [0.15, 0.2) is 0 Å². The molecule has 1 heterocycles. The Hall–Kier alpha value is -2.60. The van der Waals surface area contributed by atoms with Crippen molar-refractivity contribution in [3.8, 4) is 10.4 Å². The summed E-state index contributed by atoms with van der Waals surface area (Å²) >= 11 is 1.41. The molecule has 0 aliphatic rings. The molecule has 0 radical (unpaired) electrons. The number of thiophene rings is 1. The van der Waals surface area contributed by atoms with Crippen LogP contribution >= 0.6 is 11.3 Å². The fourth-order valence-electron chi connectivity index (χ4n) is 2.29. The number of carbonyl (C=O) groups is 1. The summed E-state index contributed by atoms with van der Waals surface area (Å²) < 4.78 is 40.5. The van der Waals surface area contributed by atoms with E-state index in [-0.39, 0.29) is 0 Å². The molecular formula is C18H12F3NOS. The minimum atomic E-state index is -1.22. The average Bonchev–Trinajstić information content (AvgIpc) is 3.04. The van der Waals surface area contributed by atoms with E-state index >= 15 is 0 Å². The highest BCUT2D eigenvalue weighted by atomic mass is 32.1. The Kier molecular flexibility index (Phi) is 4.40. The molecule has 1 amide bonds. The largest absolute Gasteiger partial charge is 0.310 e. The van der Waals surface area contributed by atoms with Crippen molar-refractivity contribution in [1.29, 1.82) is 0 Å². The second-order valence-electron chi connectivity index (χ2n) is 5.14. The number of hydrogen-bond donors (Lipinski definition) is 0. The maximum atomic E-state index is 13.8. The summed E-state index contributed by atoms with van der Waals surface area (Å²) in [5, 5.41) is 1.72. The zero-order valence-electron chi connectivity index (χ0n) is 12.6. The van der Waals surface area contributed by atoms with Gasteiger partial charge in [-0.25, -0.2) is 13.2 Å². The molecular weight excluding hydrogens is 335 g/mol. The lowest BCUT2D eigenvalue weighted by Gasteiger charge is -2.16. The number of nitrogens with zero attached hydrogens (tertiary/aromatic N) is 1. The van der Waals surface area contributed by atoms with Crippen LogP contribution in [0.25, 0.3) is 10.4 Å². The molecule has 6 heteroatoms. The number of halogens is 3. The smallest absolute Gasteiger partial charge is 0.264 e. The highest BCUT2D eigenvalue weighted by molar-refractivity contribution is 7.14. The summed E-state index contributed by atoms with van der Waals surface area (Å²) in [6, 6.07) is 12.3. The lowest BCUT2D eigenvalue weighted by atomic mass is 10.1. The third-order valence-corrected chi connectivity index (χ3v) is 4.52. The number of amides is 1. The second kappa shape index (κ2) is 6.49. The van der Waals surface area contributed by atoms with Gasteiger partial charge in [0.25, 0.3) is 5.91 Å². The van der Waals surface area contributed by atoms with Crippen LogP contribution in [0.1, 0.15) is 10.4 Å². The third kappa shape index (κ3) is 3.05. The minimum Gasteiger partial charge on any atom is -0.310 e. The molecule has 0 N–H and O–H groups in total. The molecule has 122 valence electrons. The molecule has 1 aromatic heterocycles. The summed E-state index contributed by atoms with van der Waals surface area (Å²) in [5.41, 5.74) is 0.715. The summed E-state index contributed by atoms with van der Waals surface area (Å²) in [6.45, 7) is 0. The zero-order chi connectivity index (χ0) is 17.3. The Morgan fingerprint density at radius 2 is 1.62 bits per heavy atom. The summed E-state index contributed by atoms with van der Waals surface area (Å²) in [5.74, 6) is -4.38. The highest BCUT2D eigenvalue weighted by Gasteiger charge is 2.23. The minimum absolute atomic E-state index is 0.493. The Morgan fingerprint density at radius 3 is 2.25 bits per heavy atom. The average molecular weight is 347 g/mol. The van der Waals surface area contributed by atoms with Gasteiger partial charge in [-0.2, -0.15) is 0 Å². The van der Waals surface area contributed by atoms with Gasteiger partial charge in [-0.1, -0.05) is 30.3 Å². The molecule has 0 aliphatic heterocycles. The maximum absolute atomic E-state index is 13.8. The van der Waals surface area contributed by atoms with Crippen LogP contribution in [-0.4, -0.2) is 13.0 Å². The molecule has 24 heavy (non-hydrogen) atoms. The monoisotopic (exact) mass is 347 g/mol. The van der Waals surface area contributed by atoms with E-state index in [1.54, 1.807) is 11.4 Å². The first-order valence-electron chi connectivity index (χ1n) is 7.04. The van der Waals surface area contributed by atoms with E-state index in [9.17, 15) is 18.0 Å². The van der Waals surface area contributed by atoms with Crippen LogP contribution in [0.2, 0.25) is 0 Å². The first kappa shape index (κ1) is 16.3. The zero-order valence-corrected chi connectivity index (χ0v) is 13.4. The molecule has 0 saturated heterocycles. The molecule has 0 bridgehead atoms. The Labute approximate surface area is 140 Å². The fraction of sp³-hybridized carbons (Fsp3) is 0.0556. The van der Waals surface area contributed by atoms with E-state index in [1.807, 2.05) is 30.3 Å². The molecule has 2 aromatic carbocycles. The van der Waals surface area contributed by atoms with Crippen LogP contribution in [0.4, 0.5) is 18.9 Å². The van der Waals surface area contributed by atoms with Crippen LogP contribution in [-0.2, 0) is 0 Å². The van der Waals surface area contributed by atoms with Crippen LogP contribution in [0.3, 0.4) is 0 Å². The Balaban J connectivity index is 1.91. The van der Waals surface area contributed by atoms with Crippen molar-refractivity contribution in [3.63, 3.8) is 0 Å². The van der Waals surface area contributed by atoms with Crippen molar-refractivity contribution in [3.05, 3.63) is 76.9 Å². The molecule has 0 aliphatic carbocycles. The van der Waals surface area contributed by atoms with Crippen LogP contribution in [0.5, 0.6) is 0 Å². The molecule has 3 aromatic rings. The van der Waals surface area contributed by atoms with Crippen molar-refractivity contribution in [2.45, 2.75) is 0 Å². The van der Waals surface area contributed by atoms with Crippen molar-refractivity contribution in [1.82, 2.24) is 0 Å². The van der Waals surface area contributed by atoms with Crippen LogP contribution in [0.15, 0.2) is 53.9 Å². The lowest BCUT2D eigenvalue weighted by molar-refractivity contribution is 0.0985. The van der Waals surface area contributed by atoms with Crippen LogP contribution < -0.4 is 4.90 Å². The van der Waals surface area contributed by atoms with Gasteiger partial charge in [-0.15, -0.1) is 11.3 Å². The lowest BCUT2D eigenvalue weighted by Crippen LogP contribution is -2.27. The molecule has 3 rings (SSSR count). The molecule has 0 unspecified atom stereocenters. The van der Waals surface area contributed by atoms with E-state index in [0.717, 1.165) is 15.3 Å². The van der Waals surface area contributed by atoms with Gasteiger partial charge in [0.05, 0.1) is 5.69 Å². The standard InChI is InChI=1S/C18H12F3NOS/c1-22(18(23)17-14(20)7-12(19)8-15(17)21)13-9-16(24-10-13)11-5-3-2-4-6-11/h2-10H,1H3. The Morgan fingerprint density at radius 1 is 1.00 bits per heavy atom. The maximum Gasteiger partial charge on any atom is 0.264 e. The van der Waals surface area contributed by atoms with E-state index in [1.165, 1.54) is 18.4 Å². The fourth-order valence-corrected chi connectivity index (χ4v) is 3.22. The summed E-state index contributed by atoms with van der Waals surface area (Å²) in [6.07, 6.45) is 0. The van der Waals surface area contributed by atoms with E-state index in [4.69, 9.17) is 0 Å². The van der Waals surface area contributed by atoms with Crippen molar-refractivity contribution in [2.24, 2.45) is 0 Å². The predicted molar refractivity (Wildman–Crippen MR) is 88.8 cm³/mol. The molecule has 0 atom stereocenters. The quantitative estimate of drug-likeness (QED) is 0.645. The van der Waals surface area contributed by atoms with E-state index in [2.05, 4.69) is 0 Å². The Bertz CT molecular complexity index is 869. The topological polar surface area (TPSA) is 20.3 Å².